The van der Waals surface area contributed by atoms with Crippen LogP contribution < -0.4 is 0 Å². The average molecular weight is 239 g/mol. The highest BCUT2D eigenvalue weighted by Crippen LogP contribution is 2.23. The van der Waals surface area contributed by atoms with Gasteiger partial charge in [-0.2, -0.15) is 0 Å². The van der Waals surface area contributed by atoms with Crippen LogP contribution in [0.1, 0.15) is 46.5 Å². The Bertz CT molecular complexity index is 265. The van der Waals surface area contributed by atoms with Gasteiger partial charge in [0.1, 0.15) is 0 Å². The van der Waals surface area contributed by atoms with Gasteiger partial charge >= 0.3 is 5.97 Å². The topological polar surface area (TPSA) is 29.5 Å². The Morgan fingerprint density at radius 1 is 1.29 bits per heavy atom. The molecule has 0 atom stereocenters. The van der Waals surface area contributed by atoms with Crippen molar-refractivity contribution in [2.24, 2.45) is 5.92 Å². The summed E-state index contributed by atoms with van der Waals surface area (Å²) in [7, 11) is 0. The maximum absolute atomic E-state index is 11.6. The molecule has 3 heteroatoms. The first kappa shape index (κ1) is 14.1. The van der Waals surface area contributed by atoms with E-state index in [0.717, 1.165) is 38.8 Å². The number of carbonyl (C=O) groups excluding carboxylic acids is 1. The monoisotopic (exact) mass is 239 g/mol. The zero-order valence-electron chi connectivity index (χ0n) is 11.4. The number of nitrogens with zero attached hydrogens (tertiary/aromatic N) is 1. The first-order valence-corrected chi connectivity index (χ1v) is 6.83. The minimum absolute atomic E-state index is 0.00957. The van der Waals surface area contributed by atoms with Crippen LogP contribution in [0.2, 0.25) is 0 Å². The van der Waals surface area contributed by atoms with Gasteiger partial charge in [0.05, 0.1) is 12.5 Å². The summed E-state index contributed by atoms with van der Waals surface area (Å²) in [6, 6.07) is 0. The molecule has 1 aliphatic heterocycles. The van der Waals surface area contributed by atoms with Crippen LogP contribution in [0, 0.1) is 5.92 Å². The largest absolute Gasteiger partial charge is 0.466 e. The highest BCUT2D eigenvalue weighted by molar-refractivity contribution is 5.72. The van der Waals surface area contributed by atoms with Gasteiger partial charge in [0.15, 0.2) is 0 Å². The lowest BCUT2D eigenvalue weighted by Gasteiger charge is -2.34. The smallest absolute Gasteiger partial charge is 0.309 e. The van der Waals surface area contributed by atoms with Crippen LogP contribution in [0.5, 0.6) is 0 Å². The van der Waals surface area contributed by atoms with Gasteiger partial charge in [-0.3, -0.25) is 4.79 Å². The first-order valence-electron chi connectivity index (χ1n) is 6.83. The van der Waals surface area contributed by atoms with Gasteiger partial charge in [-0.1, -0.05) is 19.9 Å². The zero-order valence-corrected chi connectivity index (χ0v) is 11.4. The Balaban J connectivity index is 2.44. The van der Waals surface area contributed by atoms with Crippen LogP contribution in [-0.2, 0) is 9.53 Å². The first-order chi connectivity index (χ1) is 8.22. The van der Waals surface area contributed by atoms with Gasteiger partial charge in [-0.05, 0) is 32.6 Å². The molecular weight excluding hydrogens is 214 g/mol. The van der Waals surface area contributed by atoms with Gasteiger partial charge in [0.2, 0.25) is 0 Å². The summed E-state index contributed by atoms with van der Waals surface area (Å²) in [6.45, 7) is 8.70. The number of allylic oxidation sites excluding steroid dienone is 2. The van der Waals surface area contributed by atoms with Crippen molar-refractivity contribution >= 4 is 5.97 Å². The van der Waals surface area contributed by atoms with Crippen LogP contribution in [0.15, 0.2) is 11.8 Å². The second kappa shape index (κ2) is 7.36. The number of hydrogen-bond acceptors (Lipinski definition) is 3. The van der Waals surface area contributed by atoms with Crippen LogP contribution >= 0.6 is 0 Å². The number of carbonyl (C=O) groups is 1. The van der Waals surface area contributed by atoms with E-state index in [1.807, 2.05) is 6.92 Å². The number of ether oxygens (including phenoxy) is 1. The van der Waals surface area contributed by atoms with Crippen molar-refractivity contribution < 1.29 is 9.53 Å². The molecule has 3 nitrogen and oxygen atoms in total. The van der Waals surface area contributed by atoms with Crippen LogP contribution in [-0.4, -0.2) is 30.6 Å². The van der Waals surface area contributed by atoms with E-state index < -0.39 is 0 Å². The zero-order chi connectivity index (χ0) is 12.7. The molecule has 0 aromatic rings. The molecule has 0 bridgehead atoms. The third kappa shape index (κ3) is 4.06. The molecule has 0 radical (unpaired) electrons. The highest BCUT2D eigenvalue weighted by Gasteiger charge is 2.26. The molecule has 1 aliphatic rings. The van der Waals surface area contributed by atoms with Crippen LogP contribution in [0.4, 0.5) is 0 Å². The lowest BCUT2D eigenvalue weighted by molar-refractivity contribution is -0.149. The minimum atomic E-state index is -0.00957. The summed E-state index contributed by atoms with van der Waals surface area (Å²) in [6.07, 6.45) is 6.32. The standard InChI is InChI=1S/C14H25NO2/c1-4-7-13(5-2)15-10-8-12(9-11-15)14(16)17-6-3/h7,12H,4-6,8-11H2,1-3H3/b13-7+. The quantitative estimate of drug-likeness (QED) is 0.691. The maximum Gasteiger partial charge on any atom is 0.309 e. The number of esters is 1. The molecule has 0 saturated carbocycles. The number of hydrogen-bond donors (Lipinski definition) is 0. The molecule has 0 aromatic heterocycles. The average Bonchev–Trinajstić information content (AvgIpc) is 2.36. The van der Waals surface area contributed by atoms with Crippen molar-refractivity contribution in [3.63, 3.8) is 0 Å². The van der Waals surface area contributed by atoms with Crippen LogP contribution in [0.3, 0.4) is 0 Å². The van der Waals surface area contributed by atoms with Crippen molar-refractivity contribution in [1.82, 2.24) is 4.90 Å². The van der Waals surface area contributed by atoms with Crippen molar-refractivity contribution in [3.8, 4) is 0 Å². The van der Waals surface area contributed by atoms with Gasteiger partial charge in [0, 0.05) is 18.8 Å². The van der Waals surface area contributed by atoms with Crippen molar-refractivity contribution in [3.05, 3.63) is 11.8 Å². The Hall–Kier alpha value is -0.990. The molecule has 1 saturated heterocycles. The molecule has 98 valence electrons. The maximum atomic E-state index is 11.6. The molecule has 0 N–H and O–H groups in total. The molecule has 0 amide bonds. The second-order valence-electron chi connectivity index (χ2n) is 4.47. The predicted molar refractivity (Wildman–Crippen MR) is 69.6 cm³/mol. The normalized spacial score (nSPS) is 18.3. The molecular formula is C14H25NO2. The van der Waals surface area contributed by atoms with E-state index in [1.54, 1.807) is 0 Å². The van der Waals surface area contributed by atoms with E-state index in [1.165, 1.54) is 5.70 Å². The molecule has 0 aliphatic carbocycles. The molecule has 0 unspecified atom stereocenters. The Kier molecular flexibility index (Phi) is 6.09. The summed E-state index contributed by atoms with van der Waals surface area (Å²) in [5.41, 5.74) is 1.43. The fraction of sp³-hybridized carbons (Fsp3) is 0.786. The van der Waals surface area contributed by atoms with E-state index in [0.29, 0.717) is 6.61 Å². The summed E-state index contributed by atoms with van der Waals surface area (Å²) in [5.74, 6) is 0.107. The van der Waals surface area contributed by atoms with E-state index in [-0.39, 0.29) is 11.9 Å². The fourth-order valence-electron chi connectivity index (χ4n) is 2.40. The fourth-order valence-corrected chi connectivity index (χ4v) is 2.40. The van der Waals surface area contributed by atoms with Crippen molar-refractivity contribution in [2.75, 3.05) is 19.7 Å². The second-order valence-corrected chi connectivity index (χ2v) is 4.47. The highest BCUT2D eigenvalue weighted by atomic mass is 16.5. The minimum Gasteiger partial charge on any atom is -0.466 e. The molecule has 0 aromatic carbocycles. The van der Waals surface area contributed by atoms with E-state index in [4.69, 9.17) is 4.74 Å². The molecule has 1 heterocycles. The molecule has 17 heavy (non-hydrogen) atoms. The third-order valence-electron chi connectivity index (χ3n) is 3.32. The summed E-state index contributed by atoms with van der Waals surface area (Å²) in [5, 5.41) is 0. The number of likely N-dealkylation sites (tertiary alicyclic amines) is 1. The van der Waals surface area contributed by atoms with Crippen LogP contribution in [0.25, 0.3) is 0 Å². The van der Waals surface area contributed by atoms with Gasteiger partial charge in [-0.25, -0.2) is 0 Å². The number of piperidine rings is 1. The summed E-state index contributed by atoms with van der Waals surface area (Å²) < 4.78 is 5.08. The molecule has 1 fully saturated rings. The van der Waals surface area contributed by atoms with Gasteiger partial charge in [0.25, 0.3) is 0 Å². The predicted octanol–water partition coefficient (Wildman–Crippen LogP) is 2.97. The number of rotatable bonds is 5. The van der Waals surface area contributed by atoms with E-state index in [9.17, 15) is 4.79 Å². The Labute approximate surface area is 105 Å². The summed E-state index contributed by atoms with van der Waals surface area (Å²) in [4.78, 5) is 14.0. The lowest BCUT2D eigenvalue weighted by atomic mass is 9.96. The van der Waals surface area contributed by atoms with E-state index >= 15 is 0 Å². The van der Waals surface area contributed by atoms with Crippen molar-refractivity contribution in [2.45, 2.75) is 46.5 Å². The SMILES string of the molecule is CC/C=C(\CC)N1CCC(C(=O)OCC)CC1. The van der Waals surface area contributed by atoms with E-state index in [2.05, 4.69) is 24.8 Å². The summed E-state index contributed by atoms with van der Waals surface area (Å²) >= 11 is 0. The van der Waals surface area contributed by atoms with Gasteiger partial charge < -0.3 is 9.64 Å². The third-order valence-corrected chi connectivity index (χ3v) is 3.32. The van der Waals surface area contributed by atoms with Gasteiger partial charge in [-0.15, -0.1) is 0 Å². The molecule has 0 spiro atoms. The molecule has 1 rings (SSSR count). The Morgan fingerprint density at radius 2 is 1.94 bits per heavy atom. The van der Waals surface area contributed by atoms with Crippen molar-refractivity contribution in [1.29, 1.82) is 0 Å². The lowest BCUT2D eigenvalue weighted by Crippen LogP contribution is -2.36. The Morgan fingerprint density at radius 3 is 2.41 bits per heavy atom.